The number of hydrogen-bond donors (Lipinski definition) is 2. The number of furan rings is 1. The number of carbonyl (C=O) groups excluding carboxylic acids is 2. The molecule has 4 saturated carbocycles. The number of alkyl halides is 3. The van der Waals surface area contributed by atoms with E-state index in [1.165, 1.54) is 31.6 Å². The van der Waals surface area contributed by atoms with E-state index in [4.69, 9.17) is 15.2 Å². The SMILES string of the molecule is NC(=O)c1sc2nc(C(F)(F)F)cc(-c3ccco3)c2c1NC(=O)c1cn(-c2ccccc2)nc1C12CC3CC(CC(C3)C1)C2. The number of nitrogens with two attached hydrogens (primary N) is 1. The van der Waals surface area contributed by atoms with E-state index in [1.54, 1.807) is 16.9 Å². The van der Waals surface area contributed by atoms with E-state index in [-0.39, 0.29) is 37.5 Å². The number of amides is 2. The third-order valence-electron chi connectivity index (χ3n) is 9.72. The Morgan fingerprint density at radius 3 is 2.31 bits per heavy atom. The fourth-order valence-corrected chi connectivity index (χ4v) is 9.40. The van der Waals surface area contributed by atoms with Crippen LogP contribution in [0.5, 0.6) is 0 Å². The summed E-state index contributed by atoms with van der Waals surface area (Å²) >= 11 is 0.702. The maximum absolute atomic E-state index is 14.4. The lowest BCUT2D eigenvalue weighted by Gasteiger charge is -2.56. The van der Waals surface area contributed by atoms with Gasteiger partial charge in [-0.25, -0.2) is 9.67 Å². The molecule has 4 fully saturated rings. The Hall–Kier alpha value is -4.45. The number of aromatic nitrogens is 3. The van der Waals surface area contributed by atoms with E-state index in [1.807, 2.05) is 30.3 Å². The van der Waals surface area contributed by atoms with Gasteiger partial charge in [0, 0.05) is 22.6 Å². The van der Waals surface area contributed by atoms with Crippen molar-refractivity contribution in [3.63, 3.8) is 0 Å². The standard InChI is InChI=1S/C33H28F3N5O3S/c34-33(35,36)24-12-21(23-7-4-8-44-23)25-26(27(29(37)42)45-31(25)38-24)39-30(43)22-16-41(20-5-2-1-3-6-20)40-28(22)32-13-17-9-18(14-32)11-19(10-17)15-32/h1-8,12,16-19H,9-11,13-15H2,(H2,37,42)(H,39,43). The Balaban J connectivity index is 1.28. The zero-order valence-electron chi connectivity index (χ0n) is 23.9. The lowest BCUT2D eigenvalue weighted by Crippen LogP contribution is -2.49. The maximum Gasteiger partial charge on any atom is 0.433 e. The first-order chi connectivity index (χ1) is 21.6. The summed E-state index contributed by atoms with van der Waals surface area (Å²) in [5.41, 5.74) is 6.28. The van der Waals surface area contributed by atoms with E-state index in [0.29, 0.717) is 34.7 Å². The van der Waals surface area contributed by atoms with Crippen molar-refractivity contribution in [2.24, 2.45) is 23.5 Å². The number of pyridine rings is 1. The van der Waals surface area contributed by atoms with Crippen LogP contribution in [0.15, 0.2) is 65.4 Å². The average molecular weight is 632 g/mol. The lowest BCUT2D eigenvalue weighted by molar-refractivity contribution is -0.140. The number of para-hydroxylation sites is 1. The van der Waals surface area contributed by atoms with Crippen LogP contribution in [0, 0.1) is 17.8 Å². The first-order valence-electron chi connectivity index (χ1n) is 14.9. The van der Waals surface area contributed by atoms with Gasteiger partial charge in [0.1, 0.15) is 21.2 Å². The van der Waals surface area contributed by atoms with Crippen molar-refractivity contribution in [1.82, 2.24) is 14.8 Å². The molecular formula is C33H28F3N5O3S. The van der Waals surface area contributed by atoms with Gasteiger partial charge in [-0.05, 0) is 86.6 Å². The Bertz CT molecular complexity index is 1930. The molecule has 3 N–H and O–H groups in total. The molecule has 4 aliphatic carbocycles. The highest BCUT2D eigenvalue weighted by Gasteiger charge is 2.54. The van der Waals surface area contributed by atoms with E-state index in [2.05, 4.69) is 10.3 Å². The third-order valence-corrected chi connectivity index (χ3v) is 10.8. The fraction of sp³-hybridized carbons (Fsp3) is 0.333. The summed E-state index contributed by atoms with van der Waals surface area (Å²) in [7, 11) is 0. The van der Waals surface area contributed by atoms with Gasteiger partial charge >= 0.3 is 6.18 Å². The van der Waals surface area contributed by atoms with Crippen molar-refractivity contribution in [2.45, 2.75) is 50.1 Å². The third kappa shape index (κ3) is 4.65. The highest BCUT2D eigenvalue weighted by atomic mass is 32.1. The Labute approximate surface area is 259 Å². The molecule has 0 spiro atoms. The quantitative estimate of drug-likeness (QED) is 0.200. The molecule has 5 aromatic rings. The first kappa shape index (κ1) is 28.1. The van der Waals surface area contributed by atoms with E-state index in [0.717, 1.165) is 36.7 Å². The molecule has 0 saturated heterocycles. The smallest absolute Gasteiger partial charge is 0.433 e. The van der Waals surface area contributed by atoms with E-state index < -0.39 is 23.7 Å². The van der Waals surface area contributed by atoms with Crippen LogP contribution in [0.4, 0.5) is 18.9 Å². The Morgan fingerprint density at radius 2 is 1.71 bits per heavy atom. The minimum Gasteiger partial charge on any atom is -0.464 e. The highest BCUT2D eigenvalue weighted by Crippen LogP contribution is 2.61. The molecule has 9 rings (SSSR count). The summed E-state index contributed by atoms with van der Waals surface area (Å²) in [6.07, 6.45) is 4.83. The number of halogens is 3. The molecule has 1 aromatic carbocycles. The highest BCUT2D eigenvalue weighted by molar-refractivity contribution is 7.21. The normalized spacial score (nSPS) is 23.9. The minimum atomic E-state index is -4.76. The molecule has 0 aliphatic heterocycles. The van der Waals surface area contributed by atoms with Gasteiger partial charge in [0.2, 0.25) is 0 Å². The molecule has 4 heterocycles. The van der Waals surface area contributed by atoms with Crippen LogP contribution in [0.2, 0.25) is 0 Å². The molecule has 0 unspecified atom stereocenters. The van der Waals surface area contributed by atoms with Crippen molar-refractivity contribution >= 4 is 39.1 Å². The second-order valence-corrected chi connectivity index (χ2v) is 13.7. The second-order valence-electron chi connectivity index (χ2n) is 12.7. The van der Waals surface area contributed by atoms with Gasteiger partial charge in [0.25, 0.3) is 11.8 Å². The summed E-state index contributed by atoms with van der Waals surface area (Å²) in [4.78, 5) is 30.7. The van der Waals surface area contributed by atoms with Crippen molar-refractivity contribution in [3.8, 4) is 17.0 Å². The number of nitrogens with zero attached hydrogens (tertiary/aromatic N) is 3. The van der Waals surface area contributed by atoms with Gasteiger partial charge < -0.3 is 15.5 Å². The molecule has 2 amide bonds. The summed E-state index contributed by atoms with van der Waals surface area (Å²) in [5, 5.41) is 8.09. The van der Waals surface area contributed by atoms with Crippen LogP contribution in [-0.2, 0) is 11.6 Å². The van der Waals surface area contributed by atoms with E-state index in [9.17, 15) is 22.8 Å². The minimum absolute atomic E-state index is 0.00375. The van der Waals surface area contributed by atoms with Crippen molar-refractivity contribution in [2.75, 3.05) is 5.32 Å². The number of nitrogens with one attached hydrogen (secondary N) is 1. The number of primary amides is 1. The number of anilines is 1. The molecule has 4 bridgehead atoms. The van der Waals surface area contributed by atoms with Crippen LogP contribution < -0.4 is 11.1 Å². The number of fused-ring (bicyclic) bond motifs is 1. The van der Waals surface area contributed by atoms with Crippen molar-refractivity contribution in [3.05, 3.63) is 82.8 Å². The topological polar surface area (TPSA) is 116 Å². The number of hydrogen-bond acceptors (Lipinski definition) is 6. The molecule has 0 radical (unpaired) electrons. The average Bonchev–Trinajstić information content (AvgIpc) is 3.76. The Morgan fingerprint density at radius 1 is 1.02 bits per heavy atom. The van der Waals surface area contributed by atoms with Gasteiger partial charge in [0.15, 0.2) is 0 Å². The summed E-state index contributed by atoms with van der Waals surface area (Å²) in [5.74, 6) is 0.510. The lowest BCUT2D eigenvalue weighted by atomic mass is 9.48. The van der Waals surface area contributed by atoms with Crippen LogP contribution >= 0.6 is 11.3 Å². The van der Waals surface area contributed by atoms with Crippen molar-refractivity contribution in [1.29, 1.82) is 0 Å². The zero-order chi connectivity index (χ0) is 31.1. The van der Waals surface area contributed by atoms with Crippen LogP contribution in [0.25, 0.3) is 27.2 Å². The number of benzene rings is 1. The van der Waals surface area contributed by atoms with Crippen LogP contribution in [-0.4, -0.2) is 26.6 Å². The molecule has 0 atom stereocenters. The molecule has 12 heteroatoms. The first-order valence-corrected chi connectivity index (χ1v) is 15.7. The predicted molar refractivity (Wildman–Crippen MR) is 162 cm³/mol. The van der Waals surface area contributed by atoms with Gasteiger partial charge in [0.05, 0.1) is 28.9 Å². The molecule has 8 nitrogen and oxygen atoms in total. The largest absolute Gasteiger partial charge is 0.464 e. The zero-order valence-corrected chi connectivity index (χ0v) is 24.8. The van der Waals surface area contributed by atoms with Crippen molar-refractivity contribution < 1.29 is 27.2 Å². The van der Waals surface area contributed by atoms with Crippen LogP contribution in [0.3, 0.4) is 0 Å². The monoisotopic (exact) mass is 631 g/mol. The van der Waals surface area contributed by atoms with Gasteiger partial charge in [-0.2, -0.15) is 18.3 Å². The Kier molecular flexibility index (Phi) is 6.25. The molecule has 4 aromatic heterocycles. The van der Waals surface area contributed by atoms with Gasteiger partial charge in [-0.1, -0.05) is 18.2 Å². The van der Waals surface area contributed by atoms with Gasteiger partial charge in [-0.3, -0.25) is 9.59 Å². The molecule has 45 heavy (non-hydrogen) atoms. The fourth-order valence-electron chi connectivity index (χ4n) is 8.39. The number of rotatable bonds is 6. The molecule has 4 aliphatic rings. The second kappa shape index (κ2) is 10.0. The predicted octanol–water partition coefficient (Wildman–Crippen LogP) is 7.58. The number of thiophene rings is 1. The van der Waals surface area contributed by atoms with Gasteiger partial charge in [-0.15, -0.1) is 11.3 Å². The summed E-state index contributed by atoms with van der Waals surface area (Å²) in [6.45, 7) is 0. The summed E-state index contributed by atoms with van der Waals surface area (Å²) < 4.78 is 48.8. The maximum atomic E-state index is 14.4. The summed E-state index contributed by atoms with van der Waals surface area (Å²) in [6, 6.07) is 13.4. The van der Waals surface area contributed by atoms with Crippen LogP contribution in [0.1, 0.15) is 69.9 Å². The molecule has 230 valence electrons. The molecular weight excluding hydrogens is 603 g/mol. The number of carbonyl (C=O) groups is 2. The van der Waals surface area contributed by atoms with E-state index >= 15 is 0 Å².